The summed E-state index contributed by atoms with van der Waals surface area (Å²) in [5, 5.41) is 11.9. The first-order chi connectivity index (χ1) is 8.83. The zero-order chi connectivity index (χ0) is 14.5. The first kappa shape index (κ1) is 16.2. The molecule has 0 aliphatic carbocycles. The van der Waals surface area contributed by atoms with Crippen molar-refractivity contribution in [1.82, 2.24) is 5.32 Å². The lowest BCUT2D eigenvalue weighted by atomic mass is 10.0. The van der Waals surface area contributed by atoms with Crippen LogP contribution in [0.1, 0.15) is 38.8 Å². The van der Waals surface area contributed by atoms with E-state index in [9.17, 15) is 4.79 Å². The Morgan fingerprint density at radius 1 is 1.42 bits per heavy atom. The number of amides is 1. The van der Waals surface area contributed by atoms with Crippen molar-refractivity contribution in [2.45, 2.75) is 38.8 Å². The van der Waals surface area contributed by atoms with Crippen LogP contribution in [0, 0.1) is 3.57 Å². The molecule has 1 rings (SSSR count). The fraction of sp³-hybridized carbons (Fsp3) is 0.500. The number of halogens is 1. The van der Waals surface area contributed by atoms with Crippen molar-refractivity contribution in [2.75, 3.05) is 6.61 Å². The van der Waals surface area contributed by atoms with Gasteiger partial charge < -0.3 is 15.2 Å². The van der Waals surface area contributed by atoms with E-state index in [0.29, 0.717) is 6.42 Å². The molecule has 4 nitrogen and oxygen atoms in total. The number of ether oxygens (including phenoxy) is 1. The minimum absolute atomic E-state index is 0.00540. The van der Waals surface area contributed by atoms with Gasteiger partial charge in [-0.05, 0) is 61.4 Å². The third-order valence-electron chi connectivity index (χ3n) is 2.39. The highest BCUT2D eigenvalue weighted by Crippen LogP contribution is 2.23. The number of rotatable bonds is 4. The van der Waals surface area contributed by atoms with E-state index in [1.165, 1.54) is 0 Å². The number of aliphatic hydroxyl groups is 1. The van der Waals surface area contributed by atoms with Gasteiger partial charge in [0.05, 0.1) is 6.04 Å². The number of nitrogens with one attached hydrogen (secondary N) is 1. The minimum atomic E-state index is -0.530. The van der Waals surface area contributed by atoms with Crippen LogP contribution in [0.4, 0.5) is 4.79 Å². The van der Waals surface area contributed by atoms with E-state index in [1.807, 2.05) is 45.0 Å². The van der Waals surface area contributed by atoms with Crippen LogP contribution in [-0.2, 0) is 4.74 Å². The second-order valence-electron chi connectivity index (χ2n) is 5.23. The van der Waals surface area contributed by atoms with Crippen LogP contribution in [0.25, 0.3) is 0 Å². The average molecular weight is 377 g/mol. The predicted octanol–water partition coefficient (Wildman–Crippen LogP) is 3.24. The number of carbonyl (C=O) groups excluding carboxylic acids is 1. The number of benzene rings is 1. The van der Waals surface area contributed by atoms with Gasteiger partial charge >= 0.3 is 6.09 Å². The fourth-order valence-corrected chi connectivity index (χ4v) is 2.41. The largest absolute Gasteiger partial charge is 0.444 e. The molecule has 1 amide bonds. The predicted molar refractivity (Wildman–Crippen MR) is 83.0 cm³/mol. The Balaban J connectivity index is 2.79. The molecule has 0 aromatic heterocycles. The summed E-state index contributed by atoms with van der Waals surface area (Å²) in [6.07, 6.45) is -0.00944. The van der Waals surface area contributed by atoms with Crippen LogP contribution in [-0.4, -0.2) is 23.4 Å². The molecule has 0 aliphatic rings. The van der Waals surface area contributed by atoms with Crippen molar-refractivity contribution >= 4 is 28.7 Å². The molecule has 1 aromatic rings. The topological polar surface area (TPSA) is 58.6 Å². The van der Waals surface area contributed by atoms with Crippen LogP contribution >= 0.6 is 22.6 Å². The summed E-state index contributed by atoms with van der Waals surface area (Å²) in [7, 11) is 0. The van der Waals surface area contributed by atoms with Crippen molar-refractivity contribution in [3.05, 3.63) is 33.4 Å². The Bertz CT molecular complexity index is 429. The quantitative estimate of drug-likeness (QED) is 0.793. The molecule has 0 unspecified atom stereocenters. The van der Waals surface area contributed by atoms with E-state index in [4.69, 9.17) is 9.84 Å². The fourth-order valence-electron chi connectivity index (χ4n) is 1.64. The Labute approximate surface area is 127 Å². The molecule has 0 saturated heterocycles. The van der Waals surface area contributed by atoms with Crippen LogP contribution in [0.15, 0.2) is 24.3 Å². The van der Waals surface area contributed by atoms with Gasteiger partial charge in [0.15, 0.2) is 0 Å². The molecule has 1 atom stereocenters. The summed E-state index contributed by atoms with van der Waals surface area (Å²) in [6, 6.07) is 7.53. The Morgan fingerprint density at radius 3 is 2.58 bits per heavy atom. The van der Waals surface area contributed by atoms with Crippen molar-refractivity contribution in [3.63, 3.8) is 0 Å². The average Bonchev–Trinajstić information content (AvgIpc) is 2.26. The molecule has 106 valence electrons. The zero-order valence-corrected chi connectivity index (χ0v) is 13.6. The highest BCUT2D eigenvalue weighted by atomic mass is 127. The van der Waals surface area contributed by atoms with E-state index >= 15 is 0 Å². The minimum Gasteiger partial charge on any atom is -0.444 e. The van der Waals surface area contributed by atoms with Crippen molar-refractivity contribution < 1.29 is 14.6 Å². The van der Waals surface area contributed by atoms with Gasteiger partial charge in [-0.2, -0.15) is 0 Å². The lowest BCUT2D eigenvalue weighted by Gasteiger charge is -2.24. The molecule has 19 heavy (non-hydrogen) atoms. The van der Waals surface area contributed by atoms with Crippen molar-refractivity contribution in [1.29, 1.82) is 0 Å². The maximum atomic E-state index is 11.8. The monoisotopic (exact) mass is 377 g/mol. The number of hydrogen-bond acceptors (Lipinski definition) is 3. The summed E-state index contributed by atoms with van der Waals surface area (Å²) >= 11 is 2.22. The van der Waals surface area contributed by atoms with Crippen LogP contribution < -0.4 is 5.32 Å². The maximum Gasteiger partial charge on any atom is 0.408 e. The number of hydrogen-bond donors (Lipinski definition) is 2. The summed E-state index contributed by atoms with van der Waals surface area (Å²) in [5.41, 5.74) is 0.459. The van der Waals surface area contributed by atoms with Gasteiger partial charge in [0.2, 0.25) is 0 Å². The molecular formula is C14H20INO3. The maximum absolute atomic E-state index is 11.8. The Hall–Kier alpha value is -0.820. The molecule has 0 heterocycles. The lowest BCUT2D eigenvalue weighted by Crippen LogP contribution is -2.35. The Morgan fingerprint density at radius 2 is 2.05 bits per heavy atom. The smallest absolute Gasteiger partial charge is 0.408 e. The van der Waals surface area contributed by atoms with Gasteiger partial charge in [-0.15, -0.1) is 0 Å². The molecule has 0 aliphatic heterocycles. The van der Waals surface area contributed by atoms with Crippen LogP contribution in [0.3, 0.4) is 0 Å². The van der Waals surface area contributed by atoms with Crippen molar-refractivity contribution in [3.8, 4) is 0 Å². The molecule has 0 spiro atoms. The van der Waals surface area contributed by atoms with E-state index < -0.39 is 11.7 Å². The summed E-state index contributed by atoms with van der Waals surface area (Å²) in [5.74, 6) is 0. The molecule has 2 N–H and O–H groups in total. The van der Waals surface area contributed by atoms with Gasteiger partial charge in [0.1, 0.15) is 5.60 Å². The summed E-state index contributed by atoms with van der Waals surface area (Å²) in [6.45, 7) is 5.46. The van der Waals surface area contributed by atoms with E-state index in [1.54, 1.807) is 0 Å². The van der Waals surface area contributed by atoms with Gasteiger partial charge in [-0.25, -0.2) is 4.79 Å². The van der Waals surface area contributed by atoms with E-state index in [-0.39, 0.29) is 12.6 Å². The van der Waals surface area contributed by atoms with Gasteiger partial charge in [-0.3, -0.25) is 0 Å². The second-order valence-corrected chi connectivity index (χ2v) is 6.39. The number of carbonyl (C=O) groups is 1. The highest BCUT2D eigenvalue weighted by Gasteiger charge is 2.21. The molecule has 0 fully saturated rings. The second kappa shape index (κ2) is 7.09. The Kier molecular flexibility index (Phi) is 6.06. The molecule has 0 bridgehead atoms. The van der Waals surface area contributed by atoms with E-state index in [2.05, 4.69) is 27.9 Å². The first-order valence-corrected chi connectivity index (χ1v) is 7.26. The zero-order valence-electron chi connectivity index (χ0n) is 11.4. The highest BCUT2D eigenvalue weighted by molar-refractivity contribution is 14.1. The van der Waals surface area contributed by atoms with Gasteiger partial charge in [-0.1, -0.05) is 18.2 Å². The number of aliphatic hydroxyl groups excluding tert-OH is 1. The molecule has 0 radical (unpaired) electrons. The lowest BCUT2D eigenvalue weighted by molar-refractivity contribution is 0.0496. The molecule has 5 heteroatoms. The number of alkyl carbamates (subject to hydrolysis) is 1. The summed E-state index contributed by atoms with van der Waals surface area (Å²) < 4.78 is 6.29. The summed E-state index contributed by atoms with van der Waals surface area (Å²) in [4.78, 5) is 11.8. The standard InChI is InChI=1S/C14H20INO3/c1-14(2,3)19-13(18)16-12(8-9-17)10-6-4-5-7-11(10)15/h4-7,12,17H,8-9H2,1-3H3,(H,16,18)/t12-/m1/s1. The SMILES string of the molecule is CC(C)(C)OC(=O)N[C@H](CCO)c1ccccc1I. The van der Waals surface area contributed by atoms with E-state index in [0.717, 1.165) is 9.13 Å². The normalized spacial score (nSPS) is 12.9. The molecule has 1 aromatic carbocycles. The third kappa shape index (κ3) is 5.78. The van der Waals surface area contributed by atoms with Crippen LogP contribution in [0.2, 0.25) is 0 Å². The van der Waals surface area contributed by atoms with Gasteiger partial charge in [0.25, 0.3) is 0 Å². The third-order valence-corrected chi connectivity index (χ3v) is 3.37. The first-order valence-electron chi connectivity index (χ1n) is 6.18. The molecular weight excluding hydrogens is 357 g/mol. The molecule has 0 saturated carbocycles. The van der Waals surface area contributed by atoms with Crippen molar-refractivity contribution in [2.24, 2.45) is 0 Å². The van der Waals surface area contributed by atoms with Gasteiger partial charge in [0, 0.05) is 10.2 Å². The van der Waals surface area contributed by atoms with Crippen LogP contribution in [0.5, 0.6) is 0 Å².